The Morgan fingerprint density at radius 3 is 2.62 bits per heavy atom. The van der Waals surface area contributed by atoms with Gasteiger partial charge in [0.15, 0.2) is 11.6 Å². The fraction of sp³-hybridized carbons (Fsp3) is 0.233. The van der Waals surface area contributed by atoms with Gasteiger partial charge < -0.3 is 26.0 Å². The first-order chi connectivity index (χ1) is 19.4. The van der Waals surface area contributed by atoms with Gasteiger partial charge in [-0.1, -0.05) is 28.1 Å². The monoisotopic (exact) mass is 645 g/mol. The summed E-state index contributed by atoms with van der Waals surface area (Å²) >= 11 is 7.02. The second-order valence-corrected chi connectivity index (χ2v) is 12.3. The van der Waals surface area contributed by atoms with E-state index in [4.69, 9.17) is 15.9 Å². The number of nitrogens with two attached hydrogens (primary N) is 1. The highest BCUT2D eigenvalue weighted by Crippen LogP contribution is 2.36. The molecule has 0 aliphatic rings. The summed E-state index contributed by atoms with van der Waals surface area (Å²) in [6, 6.07) is 15.0. The quantitative estimate of drug-likeness (QED) is 0.0824. The molecule has 1 atom stereocenters. The molecule has 210 valence electrons. The Labute approximate surface area is 249 Å². The summed E-state index contributed by atoms with van der Waals surface area (Å²) in [6.45, 7) is 0. The van der Waals surface area contributed by atoms with Crippen molar-refractivity contribution in [1.82, 2.24) is 4.98 Å². The maximum atomic E-state index is 15.2. The molecule has 4 rings (SSSR count). The van der Waals surface area contributed by atoms with Gasteiger partial charge in [0.25, 0.3) is 0 Å². The largest absolute Gasteiger partial charge is 0.454 e. The molecule has 40 heavy (non-hydrogen) atoms. The van der Waals surface area contributed by atoms with Crippen LogP contribution in [0.3, 0.4) is 0 Å². The fourth-order valence-electron chi connectivity index (χ4n) is 4.23. The molecule has 0 fully saturated rings. The summed E-state index contributed by atoms with van der Waals surface area (Å²) in [6.07, 6.45) is 5.00. The number of aromatic nitrogens is 1. The zero-order chi connectivity index (χ0) is 28.5. The number of aryl methyl sites for hydroxylation is 1. The first kappa shape index (κ1) is 30.2. The van der Waals surface area contributed by atoms with Crippen molar-refractivity contribution >= 4 is 56.1 Å². The summed E-state index contributed by atoms with van der Waals surface area (Å²) in [5.74, 6) is 2.73. The normalized spacial score (nSPS) is 12.3. The van der Waals surface area contributed by atoms with Crippen molar-refractivity contribution < 1.29 is 18.6 Å². The smallest absolute Gasteiger partial charge is 0.168 e. The van der Waals surface area contributed by atoms with E-state index in [2.05, 4.69) is 20.9 Å². The molecule has 10 heteroatoms. The van der Waals surface area contributed by atoms with Crippen LogP contribution in [0.5, 0.6) is 11.5 Å². The third-order valence-electron chi connectivity index (χ3n) is 6.21. The van der Waals surface area contributed by atoms with E-state index in [0.29, 0.717) is 18.4 Å². The molecule has 5 nitrogen and oxygen atoms in total. The summed E-state index contributed by atoms with van der Waals surface area (Å²) in [4.78, 5) is 3.06. The molecule has 5 N–H and O–H groups in total. The molecule has 4 aromatic rings. The van der Waals surface area contributed by atoms with Crippen molar-refractivity contribution in [3.05, 3.63) is 106 Å². The molecule has 1 heterocycles. The Morgan fingerprint density at radius 1 is 1.05 bits per heavy atom. The maximum Gasteiger partial charge on any atom is 0.168 e. The van der Waals surface area contributed by atoms with Crippen molar-refractivity contribution in [1.29, 1.82) is 5.41 Å². The van der Waals surface area contributed by atoms with Gasteiger partial charge in [0, 0.05) is 50.3 Å². The maximum absolute atomic E-state index is 15.2. The van der Waals surface area contributed by atoms with E-state index in [9.17, 15) is 9.50 Å². The van der Waals surface area contributed by atoms with Gasteiger partial charge in [0.2, 0.25) is 0 Å². The molecule has 0 bridgehead atoms. The van der Waals surface area contributed by atoms with Crippen LogP contribution in [-0.4, -0.2) is 38.8 Å². The number of aromatic amines is 1. The SMILES string of the molecule is N=C(/C=C\N)c1cc(Oc2c(F)cc3[nH]ccc3c2CCSCCSCCC(O)c2cccc(Br)c2)ccc1F. The van der Waals surface area contributed by atoms with Gasteiger partial charge in [-0.05, 0) is 78.6 Å². The van der Waals surface area contributed by atoms with E-state index < -0.39 is 17.7 Å². The van der Waals surface area contributed by atoms with Gasteiger partial charge in [-0.3, -0.25) is 0 Å². The number of H-pyrrole nitrogens is 1. The van der Waals surface area contributed by atoms with Crippen molar-refractivity contribution in [2.45, 2.75) is 18.9 Å². The topological polar surface area (TPSA) is 95.1 Å². The van der Waals surface area contributed by atoms with Gasteiger partial charge in [-0.25, -0.2) is 8.78 Å². The van der Waals surface area contributed by atoms with Crippen LogP contribution in [0.1, 0.15) is 29.2 Å². The average molecular weight is 647 g/mol. The van der Waals surface area contributed by atoms with Crippen molar-refractivity contribution in [2.75, 3.05) is 23.0 Å². The molecule has 0 aliphatic heterocycles. The van der Waals surface area contributed by atoms with E-state index in [0.717, 1.165) is 50.2 Å². The van der Waals surface area contributed by atoms with Gasteiger partial charge in [-0.2, -0.15) is 23.5 Å². The Balaban J connectivity index is 1.34. The Morgan fingerprint density at radius 2 is 1.85 bits per heavy atom. The van der Waals surface area contributed by atoms with E-state index in [1.165, 1.54) is 30.3 Å². The lowest BCUT2D eigenvalue weighted by atomic mass is 10.1. The molecule has 1 aromatic heterocycles. The first-order valence-electron chi connectivity index (χ1n) is 12.7. The van der Waals surface area contributed by atoms with E-state index in [1.54, 1.807) is 29.7 Å². The van der Waals surface area contributed by atoms with E-state index in [-0.39, 0.29) is 22.8 Å². The van der Waals surface area contributed by atoms with Gasteiger partial charge >= 0.3 is 0 Å². The van der Waals surface area contributed by atoms with Crippen LogP contribution in [0.4, 0.5) is 8.78 Å². The predicted octanol–water partition coefficient (Wildman–Crippen LogP) is 7.97. The number of benzene rings is 3. The minimum atomic E-state index is -0.589. The minimum Gasteiger partial charge on any atom is -0.454 e. The first-order valence-corrected chi connectivity index (χ1v) is 15.8. The number of aliphatic hydroxyl groups is 1. The number of aliphatic hydroxyl groups excluding tert-OH is 1. The second-order valence-electron chi connectivity index (χ2n) is 8.96. The van der Waals surface area contributed by atoms with Crippen molar-refractivity contribution in [3.8, 4) is 11.5 Å². The van der Waals surface area contributed by atoms with Crippen LogP contribution < -0.4 is 10.5 Å². The molecule has 3 aromatic carbocycles. The number of ether oxygens (including phenoxy) is 1. The van der Waals surface area contributed by atoms with Gasteiger partial charge in [0.05, 0.1) is 11.8 Å². The van der Waals surface area contributed by atoms with Crippen molar-refractivity contribution in [3.63, 3.8) is 0 Å². The zero-order valence-electron chi connectivity index (χ0n) is 21.6. The average Bonchev–Trinajstić information content (AvgIpc) is 3.40. The van der Waals surface area contributed by atoms with Crippen LogP contribution in [0.2, 0.25) is 0 Å². The lowest BCUT2D eigenvalue weighted by Crippen LogP contribution is -2.03. The number of thioether (sulfide) groups is 2. The summed E-state index contributed by atoms with van der Waals surface area (Å²) < 4.78 is 36.4. The molecule has 0 saturated carbocycles. The number of nitrogens with one attached hydrogen (secondary N) is 2. The molecule has 0 radical (unpaired) electrons. The third-order valence-corrected chi connectivity index (χ3v) is 8.97. The molecule has 0 amide bonds. The minimum absolute atomic E-state index is 0.0149. The highest BCUT2D eigenvalue weighted by molar-refractivity contribution is 9.10. The van der Waals surface area contributed by atoms with Crippen LogP contribution in [0.15, 0.2) is 77.5 Å². The molecule has 1 unspecified atom stereocenters. The highest BCUT2D eigenvalue weighted by atomic mass is 79.9. The summed E-state index contributed by atoms with van der Waals surface area (Å²) in [5, 5.41) is 19.3. The third kappa shape index (κ3) is 7.90. The predicted molar refractivity (Wildman–Crippen MR) is 167 cm³/mol. The molecule has 0 spiro atoms. The van der Waals surface area contributed by atoms with E-state index in [1.807, 2.05) is 30.3 Å². The summed E-state index contributed by atoms with van der Waals surface area (Å²) in [5.41, 5.74) is 7.58. The lowest BCUT2D eigenvalue weighted by Gasteiger charge is -2.15. The number of halogens is 3. The van der Waals surface area contributed by atoms with Gasteiger partial charge in [-0.15, -0.1) is 0 Å². The standard InChI is InChI=1S/C30H30BrF2N3O2S2/c31-20-3-1-2-19(16-20)29(37)9-13-40-15-14-39-12-8-23-22-7-11-36-28(22)18-26(33)30(23)38-21-4-5-25(32)24(17-21)27(35)6-10-34/h1-7,10-11,16-18,29,35-37H,8-9,12-15,34H2/b10-6-,35-27?. The number of rotatable bonds is 14. The summed E-state index contributed by atoms with van der Waals surface area (Å²) in [7, 11) is 0. The number of fused-ring (bicyclic) bond motifs is 1. The van der Waals surface area contributed by atoms with Crippen LogP contribution in [0, 0.1) is 17.0 Å². The molecular weight excluding hydrogens is 616 g/mol. The number of allylic oxidation sites excluding steroid dienone is 1. The fourth-order valence-corrected chi connectivity index (χ4v) is 6.74. The van der Waals surface area contributed by atoms with Crippen LogP contribution in [-0.2, 0) is 6.42 Å². The van der Waals surface area contributed by atoms with Gasteiger partial charge in [0.1, 0.15) is 11.6 Å². The molecule has 0 saturated heterocycles. The second kappa shape index (κ2) is 14.7. The molecular formula is C30H30BrF2N3O2S2. The lowest BCUT2D eigenvalue weighted by molar-refractivity contribution is 0.175. The number of hydrogen-bond donors (Lipinski definition) is 4. The Kier molecular flexibility index (Phi) is 11.1. The number of hydrogen-bond acceptors (Lipinski definition) is 6. The van der Waals surface area contributed by atoms with Crippen LogP contribution in [0.25, 0.3) is 10.9 Å². The van der Waals surface area contributed by atoms with Crippen molar-refractivity contribution in [2.24, 2.45) is 5.73 Å². The Hall–Kier alpha value is -2.79. The van der Waals surface area contributed by atoms with E-state index >= 15 is 4.39 Å². The highest BCUT2D eigenvalue weighted by Gasteiger charge is 2.18. The Bertz CT molecular complexity index is 1500. The zero-order valence-corrected chi connectivity index (χ0v) is 24.9. The van der Waals surface area contributed by atoms with Crippen LogP contribution >= 0.6 is 39.5 Å². The molecule has 0 aliphatic carbocycles.